The molecular formula is C13H18BrNO3. The van der Waals surface area contributed by atoms with Crippen LogP contribution in [0.2, 0.25) is 0 Å². The van der Waals surface area contributed by atoms with Crippen LogP contribution in [-0.4, -0.2) is 44.6 Å². The first-order valence-corrected chi connectivity index (χ1v) is 6.68. The Bertz CT molecular complexity index is 401. The lowest BCUT2D eigenvalue weighted by atomic mass is 10.2. The Morgan fingerprint density at radius 2 is 1.89 bits per heavy atom. The lowest BCUT2D eigenvalue weighted by molar-refractivity contribution is -0.00461. The van der Waals surface area contributed by atoms with Crippen LogP contribution in [0, 0.1) is 0 Å². The molecule has 0 bridgehead atoms. The normalized spacial score (nSPS) is 23.7. The second-order valence-electron chi connectivity index (χ2n) is 4.40. The maximum atomic E-state index is 9.10. The van der Waals surface area contributed by atoms with E-state index in [1.807, 2.05) is 18.2 Å². The molecule has 2 atom stereocenters. The summed E-state index contributed by atoms with van der Waals surface area (Å²) in [6, 6.07) is 5.89. The average Bonchev–Trinajstić information content (AvgIpc) is 2.81. The standard InChI is InChI=1S/C13H18BrNO3/c1-17-12-6-15(7-13(12)18-2)11-4-3-9(8-16)5-10(11)14/h3-5,12-13,16H,6-8H2,1-2H3. The fraction of sp³-hybridized carbons (Fsp3) is 0.538. The van der Waals surface area contributed by atoms with Gasteiger partial charge in [0, 0.05) is 31.8 Å². The van der Waals surface area contributed by atoms with Gasteiger partial charge in [-0.2, -0.15) is 0 Å². The summed E-state index contributed by atoms with van der Waals surface area (Å²) in [7, 11) is 3.42. The van der Waals surface area contributed by atoms with Gasteiger partial charge in [0.1, 0.15) is 12.2 Å². The second kappa shape index (κ2) is 6.02. The quantitative estimate of drug-likeness (QED) is 0.920. The van der Waals surface area contributed by atoms with E-state index in [-0.39, 0.29) is 18.8 Å². The molecule has 1 aliphatic heterocycles. The van der Waals surface area contributed by atoms with E-state index in [4.69, 9.17) is 14.6 Å². The molecule has 0 radical (unpaired) electrons. The number of methoxy groups -OCH3 is 2. The van der Waals surface area contributed by atoms with Crippen molar-refractivity contribution in [3.63, 3.8) is 0 Å². The SMILES string of the molecule is COC1CN(c2ccc(CO)cc2Br)CC1OC. The minimum Gasteiger partial charge on any atom is -0.392 e. The first-order valence-electron chi connectivity index (χ1n) is 5.89. The van der Waals surface area contributed by atoms with E-state index in [0.29, 0.717) is 0 Å². The first-order chi connectivity index (χ1) is 8.69. The lowest BCUT2D eigenvalue weighted by Crippen LogP contribution is -2.27. The molecule has 100 valence electrons. The zero-order valence-electron chi connectivity index (χ0n) is 10.6. The van der Waals surface area contributed by atoms with Crippen LogP contribution in [0.4, 0.5) is 5.69 Å². The fourth-order valence-electron chi connectivity index (χ4n) is 2.30. The van der Waals surface area contributed by atoms with Crippen molar-refractivity contribution in [1.82, 2.24) is 0 Å². The third-order valence-corrected chi connectivity index (χ3v) is 3.99. The molecule has 1 fully saturated rings. The Kier molecular flexibility index (Phi) is 4.61. The maximum absolute atomic E-state index is 9.10. The molecule has 1 saturated heterocycles. The molecule has 0 amide bonds. The number of halogens is 1. The predicted molar refractivity (Wildman–Crippen MR) is 73.9 cm³/mol. The number of ether oxygens (including phenoxy) is 2. The lowest BCUT2D eigenvalue weighted by Gasteiger charge is -2.20. The van der Waals surface area contributed by atoms with Crippen molar-refractivity contribution in [2.24, 2.45) is 0 Å². The van der Waals surface area contributed by atoms with E-state index < -0.39 is 0 Å². The highest BCUT2D eigenvalue weighted by Gasteiger charge is 2.33. The molecule has 1 aromatic carbocycles. The van der Waals surface area contributed by atoms with Crippen molar-refractivity contribution in [2.75, 3.05) is 32.2 Å². The number of nitrogens with zero attached hydrogens (tertiary/aromatic N) is 1. The van der Waals surface area contributed by atoms with Crippen LogP contribution in [-0.2, 0) is 16.1 Å². The smallest absolute Gasteiger partial charge is 0.102 e. The molecule has 1 heterocycles. The van der Waals surface area contributed by atoms with Gasteiger partial charge in [-0.3, -0.25) is 0 Å². The number of hydrogen-bond donors (Lipinski definition) is 1. The molecule has 0 aliphatic carbocycles. The number of hydrogen-bond acceptors (Lipinski definition) is 4. The van der Waals surface area contributed by atoms with Crippen LogP contribution in [0.25, 0.3) is 0 Å². The summed E-state index contributed by atoms with van der Waals surface area (Å²) >= 11 is 3.55. The number of aliphatic hydroxyl groups excluding tert-OH is 1. The molecule has 2 rings (SSSR count). The van der Waals surface area contributed by atoms with Gasteiger partial charge in [-0.25, -0.2) is 0 Å². The molecule has 2 unspecified atom stereocenters. The Labute approximate surface area is 116 Å². The molecule has 1 N–H and O–H groups in total. The van der Waals surface area contributed by atoms with Gasteiger partial charge in [-0.1, -0.05) is 6.07 Å². The highest BCUT2D eigenvalue weighted by atomic mass is 79.9. The van der Waals surface area contributed by atoms with Gasteiger partial charge in [0.2, 0.25) is 0 Å². The van der Waals surface area contributed by atoms with Crippen LogP contribution in [0.15, 0.2) is 22.7 Å². The summed E-state index contributed by atoms with van der Waals surface area (Å²) in [6.45, 7) is 1.68. The monoisotopic (exact) mass is 315 g/mol. The summed E-state index contributed by atoms with van der Waals surface area (Å²) in [6.07, 6.45) is 0.193. The highest BCUT2D eigenvalue weighted by Crippen LogP contribution is 2.31. The van der Waals surface area contributed by atoms with E-state index in [9.17, 15) is 0 Å². The van der Waals surface area contributed by atoms with E-state index >= 15 is 0 Å². The molecule has 18 heavy (non-hydrogen) atoms. The summed E-state index contributed by atoms with van der Waals surface area (Å²) in [5, 5.41) is 9.10. The number of rotatable bonds is 4. The molecule has 4 nitrogen and oxygen atoms in total. The van der Waals surface area contributed by atoms with Gasteiger partial charge in [0.25, 0.3) is 0 Å². The minimum absolute atomic E-state index is 0.0558. The number of anilines is 1. The molecule has 1 aliphatic rings. The molecular weight excluding hydrogens is 298 g/mol. The first kappa shape index (κ1) is 13.8. The Morgan fingerprint density at radius 3 is 2.33 bits per heavy atom. The zero-order valence-corrected chi connectivity index (χ0v) is 12.2. The average molecular weight is 316 g/mol. The number of benzene rings is 1. The van der Waals surface area contributed by atoms with Crippen LogP contribution in [0.5, 0.6) is 0 Å². The van der Waals surface area contributed by atoms with Crippen LogP contribution in [0.1, 0.15) is 5.56 Å². The highest BCUT2D eigenvalue weighted by molar-refractivity contribution is 9.10. The van der Waals surface area contributed by atoms with Gasteiger partial charge in [0.15, 0.2) is 0 Å². The molecule has 5 heteroatoms. The Morgan fingerprint density at radius 1 is 1.28 bits per heavy atom. The Balaban J connectivity index is 2.18. The van der Waals surface area contributed by atoms with Crippen molar-refractivity contribution in [1.29, 1.82) is 0 Å². The second-order valence-corrected chi connectivity index (χ2v) is 5.25. The third-order valence-electron chi connectivity index (χ3n) is 3.36. The van der Waals surface area contributed by atoms with Crippen molar-refractivity contribution >= 4 is 21.6 Å². The van der Waals surface area contributed by atoms with E-state index in [0.717, 1.165) is 28.8 Å². The van der Waals surface area contributed by atoms with Gasteiger partial charge in [0.05, 0.1) is 12.3 Å². The van der Waals surface area contributed by atoms with Gasteiger partial charge in [-0.15, -0.1) is 0 Å². The Hall–Kier alpha value is -0.620. The summed E-state index contributed by atoms with van der Waals surface area (Å²) in [5.41, 5.74) is 2.00. The van der Waals surface area contributed by atoms with Crippen molar-refractivity contribution in [3.05, 3.63) is 28.2 Å². The summed E-state index contributed by atoms with van der Waals surface area (Å²) < 4.78 is 11.8. The summed E-state index contributed by atoms with van der Waals surface area (Å²) in [4.78, 5) is 2.23. The maximum Gasteiger partial charge on any atom is 0.102 e. The van der Waals surface area contributed by atoms with Crippen LogP contribution >= 0.6 is 15.9 Å². The topological polar surface area (TPSA) is 41.9 Å². The van der Waals surface area contributed by atoms with E-state index in [1.54, 1.807) is 14.2 Å². The molecule has 0 spiro atoms. The third kappa shape index (κ3) is 2.69. The zero-order chi connectivity index (χ0) is 13.1. The largest absolute Gasteiger partial charge is 0.392 e. The molecule has 0 aromatic heterocycles. The van der Waals surface area contributed by atoms with E-state index in [1.165, 1.54) is 0 Å². The van der Waals surface area contributed by atoms with Crippen molar-refractivity contribution in [3.8, 4) is 0 Å². The fourth-order valence-corrected chi connectivity index (χ4v) is 2.98. The van der Waals surface area contributed by atoms with Crippen molar-refractivity contribution in [2.45, 2.75) is 18.8 Å². The van der Waals surface area contributed by atoms with Crippen LogP contribution in [0.3, 0.4) is 0 Å². The molecule has 1 aromatic rings. The van der Waals surface area contributed by atoms with Gasteiger partial charge >= 0.3 is 0 Å². The summed E-state index contributed by atoms with van der Waals surface area (Å²) in [5.74, 6) is 0. The van der Waals surface area contributed by atoms with Gasteiger partial charge in [-0.05, 0) is 33.6 Å². The molecule has 0 saturated carbocycles. The van der Waals surface area contributed by atoms with E-state index in [2.05, 4.69) is 20.8 Å². The predicted octanol–water partition coefficient (Wildman–Crippen LogP) is 1.79. The van der Waals surface area contributed by atoms with Gasteiger partial charge < -0.3 is 19.5 Å². The van der Waals surface area contributed by atoms with Crippen molar-refractivity contribution < 1.29 is 14.6 Å². The number of aliphatic hydroxyl groups is 1. The van der Waals surface area contributed by atoms with Crippen LogP contribution < -0.4 is 4.90 Å². The minimum atomic E-state index is 0.0558.